The van der Waals surface area contributed by atoms with E-state index in [0.29, 0.717) is 54.9 Å². The van der Waals surface area contributed by atoms with Crippen LogP contribution in [-0.4, -0.2) is 30.7 Å². The number of amides is 1. The van der Waals surface area contributed by atoms with Crippen molar-refractivity contribution in [3.05, 3.63) is 60.0 Å². The van der Waals surface area contributed by atoms with Crippen LogP contribution in [0.25, 0.3) is 11.5 Å². The molecule has 3 aromatic rings. The summed E-state index contributed by atoms with van der Waals surface area (Å²) in [5.74, 6) is 1.94. The van der Waals surface area contributed by atoms with Gasteiger partial charge >= 0.3 is 0 Å². The summed E-state index contributed by atoms with van der Waals surface area (Å²) in [6.07, 6.45) is 3.32. The molecular weight excluding hydrogens is 384 g/mol. The molecule has 1 N–H and O–H groups in total. The second-order valence-electron chi connectivity index (χ2n) is 6.31. The number of carbonyl (C=O) groups is 1. The molecule has 158 valence electrons. The van der Waals surface area contributed by atoms with E-state index in [1.54, 1.807) is 24.6 Å². The highest BCUT2D eigenvalue weighted by Crippen LogP contribution is 2.39. The lowest BCUT2D eigenvalue weighted by Gasteiger charge is -2.17. The highest BCUT2D eigenvalue weighted by atomic mass is 16.5. The average molecular weight is 410 g/mol. The van der Waals surface area contributed by atoms with Crippen molar-refractivity contribution in [2.75, 3.05) is 19.8 Å². The van der Waals surface area contributed by atoms with Crippen molar-refractivity contribution in [3.8, 4) is 28.7 Å². The van der Waals surface area contributed by atoms with E-state index in [4.69, 9.17) is 18.6 Å². The molecule has 0 saturated carbocycles. The van der Waals surface area contributed by atoms with Crippen LogP contribution in [-0.2, 0) is 6.54 Å². The minimum atomic E-state index is -0.241. The van der Waals surface area contributed by atoms with Gasteiger partial charge in [-0.2, -0.15) is 0 Å². The summed E-state index contributed by atoms with van der Waals surface area (Å²) in [6.45, 7) is 7.34. The first-order valence-corrected chi connectivity index (χ1v) is 9.99. The van der Waals surface area contributed by atoms with Crippen LogP contribution in [0.1, 0.15) is 36.7 Å². The standard InChI is InChI=1S/C23H26N2O5/c1-4-27-20-12-17(13-21(28-5-2)22(20)29-6-3)23(26)25-15-16-9-10-18(24-14-16)19-8-7-11-30-19/h7-14H,4-6,15H2,1-3H3,(H,25,26). The number of nitrogens with zero attached hydrogens (tertiary/aromatic N) is 1. The molecular formula is C23H26N2O5. The molecule has 7 nitrogen and oxygen atoms in total. The van der Waals surface area contributed by atoms with Crippen LogP contribution in [0.3, 0.4) is 0 Å². The van der Waals surface area contributed by atoms with Crippen molar-refractivity contribution in [2.45, 2.75) is 27.3 Å². The topological polar surface area (TPSA) is 82.8 Å². The molecule has 1 amide bonds. The monoisotopic (exact) mass is 410 g/mol. The molecule has 0 aliphatic heterocycles. The maximum absolute atomic E-state index is 12.8. The molecule has 7 heteroatoms. The zero-order valence-electron chi connectivity index (χ0n) is 17.4. The van der Waals surface area contributed by atoms with Crippen molar-refractivity contribution in [1.82, 2.24) is 10.3 Å². The van der Waals surface area contributed by atoms with Gasteiger partial charge in [0.1, 0.15) is 5.69 Å². The molecule has 0 radical (unpaired) electrons. The average Bonchev–Trinajstić information content (AvgIpc) is 3.30. The molecule has 0 fully saturated rings. The van der Waals surface area contributed by atoms with Crippen LogP contribution < -0.4 is 19.5 Å². The predicted octanol–water partition coefficient (Wildman–Crippen LogP) is 4.47. The quantitative estimate of drug-likeness (QED) is 0.531. The molecule has 0 bridgehead atoms. The normalized spacial score (nSPS) is 10.5. The Hall–Kier alpha value is -3.48. The number of carbonyl (C=O) groups excluding carboxylic acids is 1. The Kier molecular flexibility index (Phi) is 7.32. The van der Waals surface area contributed by atoms with Gasteiger partial charge in [0.15, 0.2) is 17.3 Å². The zero-order valence-corrected chi connectivity index (χ0v) is 17.4. The summed E-state index contributed by atoms with van der Waals surface area (Å²) in [6, 6.07) is 10.8. The molecule has 2 heterocycles. The molecule has 0 aliphatic rings. The number of rotatable bonds is 10. The van der Waals surface area contributed by atoms with E-state index < -0.39 is 0 Å². The molecule has 0 atom stereocenters. The van der Waals surface area contributed by atoms with Gasteiger partial charge in [-0.1, -0.05) is 6.07 Å². The molecule has 2 aromatic heterocycles. The van der Waals surface area contributed by atoms with Crippen LogP contribution >= 0.6 is 0 Å². The van der Waals surface area contributed by atoms with Gasteiger partial charge in [-0.25, -0.2) is 0 Å². The third kappa shape index (κ3) is 5.11. The van der Waals surface area contributed by atoms with Gasteiger partial charge in [0.2, 0.25) is 5.75 Å². The summed E-state index contributed by atoms with van der Waals surface area (Å²) in [7, 11) is 0. The highest BCUT2D eigenvalue weighted by molar-refractivity contribution is 5.95. The van der Waals surface area contributed by atoms with Gasteiger partial charge in [-0.05, 0) is 56.7 Å². The summed E-state index contributed by atoms with van der Waals surface area (Å²) >= 11 is 0. The number of furan rings is 1. The zero-order chi connectivity index (χ0) is 21.3. The minimum absolute atomic E-state index is 0.241. The van der Waals surface area contributed by atoms with E-state index in [1.165, 1.54) is 0 Å². The minimum Gasteiger partial charge on any atom is -0.490 e. The molecule has 1 aromatic carbocycles. The van der Waals surface area contributed by atoms with Crippen LogP contribution in [0.2, 0.25) is 0 Å². The summed E-state index contributed by atoms with van der Waals surface area (Å²) in [4.78, 5) is 17.1. The first kappa shape index (κ1) is 21.2. The Morgan fingerprint density at radius 1 is 1.00 bits per heavy atom. The fraction of sp³-hybridized carbons (Fsp3) is 0.304. The third-order valence-electron chi connectivity index (χ3n) is 4.22. The fourth-order valence-electron chi connectivity index (χ4n) is 2.90. The van der Waals surface area contributed by atoms with E-state index >= 15 is 0 Å². The largest absolute Gasteiger partial charge is 0.490 e. The van der Waals surface area contributed by atoms with Crippen LogP contribution in [0.4, 0.5) is 0 Å². The number of benzene rings is 1. The Labute approximate surface area is 176 Å². The number of ether oxygens (including phenoxy) is 3. The van der Waals surface area contributed by atoms with E-state index in [1.807, 2.05) is 45.0 Å². The first-order chi connectivity index (χ1) is 14.7. The summed E-state index contributed by atoms with van der Waals surface area (Å²) in [5.41, 5.74) is 2.05. The Morgan fingerprint density at radius 3 is 2.23 bits per heavy atom. The van der Waals surface area contributed by atoms with Gasteiger partial charge in [-0.15, -0.1) is 0 Å². The lowest BCUT2D eigenvalue weighted by molar-refractivity contribution is 0.0949. The van der Waals surface area contributed by atoms with Crippen molar-refractivity contribution < 1.29 is 23.4 Å². The Balaban J connectivity index is 1.74. The van der Waals surface area contributed by atoms with Gasteiger partial charge in [0.25, 0.3) is 5.91 Å². The molecule has 30 heavy (non-hydrogen) atoms. The number of pyridine rings is 1. The lowest BCUT2D eigenvalue weighted by atomic mass is 10.1. The van der Waals surface area contributed by atoms with Gasteiger partial charge < -0.3 is 23.9 Å². The molecule has 0 spiro atoms. The number of hydrogen-bond donors (Lipinski definition) is 1. The van der Waals surface area contributed by atoms with E-state index in [9.17, 15) is 4.79 Å². The van der Waals surface area contributed by atoms with E-state index in [-0.39, 0.29) is 5.91 Å². The van der Waals surface area contributed by atoms with E-state index in [2.05, 4.69) is 10.3 Å². The fourth-order valence-corrected chi connectivity index (χ4v) is 2.90. The smallest absolute Gasteiger partial charge is 0.251 e. The van der Waals surface area contributed by atoms with Crippen LogP contribution in [0, 0.1) is 0 Å². The Morgan fingerprint density at radius 2 is 1.70 bits per heavy atom. The van der Waals surface area contributed by atoms with Crippen molar-refractivity contribution in [3.63, 3.8) is 0 Å². The summed E-state index contributed by atoms with van der Waals surface area (Å²) < 4.78 is 22.4. The number of nitrogens with one attached hydrogen (secondary N) is 1. The maximum Gasteiger partial charge on any atom is 0.251 e. The van der Waals surface area contributed by atoms with Gasteiger partial charge in [0.05, 0.1) is 26.1 Å². The van der Waals surface area contributed by atoms with Crippen LogP contribution in [0.15, 0.2) is 53.3 Å². The summed E-state index contributed by atoms with van der Waals surface area (Å²) in [5, 5.41) is 2.91. The maximum atomic E-state index is 12.8. The highest BCUT2D eigenvalue weighted by Gasteiger charge is 2.18. The lowest BCUT2D eigenvalue weighted by Crippen LogP contribution is -2.23. The SMILES string of the molecule is CCOc1cc(C(=O)NCc2ccc(-c3ccco3)nc2)cc(OCC)c1OCC. The molecule has 0 aliphatic carbocycles. The van der Waals surface area contributed by atoms with Crippen molar-refractivity contribution in [2.24, 2.45) is 0 Å². The second kappa shape index (κ2) is 10.3. The molecule has 0 unspecified atom stereocenters. The molecule has 0 saturated heterocycles. The molecule has 3 rings (SSSR count). The third-order valence-corrected chi connectivity index (χ3v) is 4.22. The van der Waals surface area contributed by atoms with Crippen molar-refractivity contribution >= 4 is 5.91 Å². The van der Waals surface area contributed by atoms with Gasteiger partial charge in [0, 0.05) is 18.3 Å². The second-order valence-corrected chi connectivity index (χ2v) is 6.31. The Bertz CT molecular complexity index is 925. The van der Waals surface area contributed by atoms with Gasteiger partial charge in [-0.3, -0.25) is 9.78 Å². The first-order valence-electron chi connectivity index (χ1n) is 9.99. The number of hydrogen-bond acceptors (Lipinski definition) is 6. The van der Waals surface area contributed by atoms with Crippen molar-refractivity contribution in [1.29, 1.82) is 0 Å². The number of aromatic nitrogens is 1. The predicted molar refractivity (Wildman–Crippen MR) is 113 cm³/mol. The van der Waals surface area contributed by atoms with Crippen LogP contribution in [0.5, 0.6) is 17.2 Å². The van der Waals surface area contributed by atoms with E-state index in [0.717, 1.165) is 11.3 Å².